The third-order valence-electron chi connectivity index (χ3n) is 3.93. The van der Waals surface area contributed by atoms with Crippen LogP contribution < -0.4 is 10.6 Å². The van der Waals surface area contributed by atoms with Crippen LogP contribution in [0.15, 0.2) is 67.4 Å². The number of rotatable bonds is 7. The van der Waals surface area contributed by atoms with Gasteiger partial charge in [-0.25, -0.2) is 4.68 Å². The van der Waals surface area contributed by atoms with Crippen molar-refractivity contribution < 1.29 is 22.8 Å². The van der Waals surface area contributed by atoms with E-state index in [0.717, 1.165) is 12.3 Å². The highest BCUT2D eigenvalue weighted by atomic mass is 35.5. The third-order valence-corrected chi connectivity index (χ3v) is 4.15. The molecule has 0 unspecified atom stereocenters. The van der Waals surface area contributed by atoms with E-state index in [-0.39, 0.29) is 22.1 Å². The fourth-order valence-electron chi connectivity index (χ4n) is 2.67. The number of anilines is 2. The molecule has 0 saturated carbocycles. The van der Waals surface area contributed by atoms with Gasteiger partial charge in [-0.2, -0.15) is 18.3 Å². The summed E-state index contributed by atoms with van der Waals surface area (Å²) in [5.41, 5.74) is -1.47. The minimum Gasteiger partial charge on any atom is -0.322 e. The van der Waals surface area contributed by atoms with Crippen molar-refractivity contribution >= 4 is 40.5 Å². The van der Waals surface area contributed by atoms with Gasteiger partial charge in [0.25, 0.3) is 5.91 Å². The molecule has 1 aromatic carbocycles. The Labute approximate surface area is 187 Å². The first kappa shape index (κ1) is 24.7. The molecule has 0 atom stereocenters. The highest BCUT2D eigenvalue weighted by molar-refractivity contribution is 6.31. The smallest absolute Gasteiger partial charge is 0.322 e. The number of halogens is 4. The molecule has 0 aliphatic carbocycles. The second kappa shape index (κ2) is 10.6. The highest BCUT2D eigenvalue weighted by Gasteiger charge is 2.40. The van der Waals surface area contributed by atoms with E-state index in [9.17, 15) is 22.8 Å². The number of hydrogen-bond acceptors (Lipinski definition) is 3. The van der Waals surface area contributed by atoms with E-state index in [0.29, 0.717) is 4.68 Å². The third kappa shape index (κ3) is 6.21. The van der Waals surface area contributed by atoms with Crippen LogP contribution in [0.25, 0.3) is 5.70 Å². The summed E-state index contributed by atoms with van der Waals surface area (Å²) in [6.45, 7) is 6.69. The molecule has 10 heteroatoms. The summed E-state index contributed by atoms with van der Waals surface area (Å²) in [4.78, 5) is 24.2. The zero-order chi connectivity index (χ0) is 23.9. The molecule has 2 N–H and O–H groups in total. The number of carbonyl (C=O) groups excluding carboxylic acids is 2. The van der Waals surface area contributed by atoms with Crippen LogP contribution >= 0.6 is 11.6 Å². The Morgan fingerprint density at radius 3 is 2.34 bits per heavy atom. The molecular weight excluding hydrogens is 445 g/mol. The Balaban J connectivity index is 2.48. The van der Waals surface area contributed by atoms with E-state index in [1.54, 1.807) is 32.1 Å². The van der Waals surface area contributed by atoms with E-state index in [4.69, 9.17) is 11.6 Å². The lowest BCUT2D eigenvalue weighted by molar-refractivity contribution is -0.143. The van der Waals surface area contributed by atoms with Crippen molar-refractivity contribution in [2.24, 2.45) is 0 Å². The van der Waals surface area contributed by atoms with Crippen molar-refractivity contribution in [3.63, 3.8) is 0 Å². The first-order valence-corrected chi connectivity index (χ1v) is 9.65. The van der Waals surface area contributed by atoms with Gasteiger partial charge in [-0.1, -0.05) is 36.4 Å². The normalized spacial score (nSPS) is 12.4. The number of aromatic nitrogens is 2. The second-order valence-electron chi connectivity index (χ2n) is 6.31. The molecule has 1 aromatic heterocycles. The number of allylic oxidation sites excluding steroid dienone is 6. The first-order chi connectivity index (χ1) is 15.1. The predicted molar refractivity (Wildman–Crippen MR) is 119 cm³/mol. The number of nitrogens with one attached hydrogen (secondary N) is 2. The Morgan fingerprint density at radius 1 is 1.12 bits per heavy atom. The van der Waals surface area contributed by atoms with Crippen LogP contribution in [0.4, 0.5) is 24.5 Å². The number of hydrogen-bond donors (Lipinski definition) is 2. The molecule has 0 aliphatic heterocycles. The molecule has 6 nitrogen and oxygen atoms in total. The van der Waals surface area contributed by atoms with Crippen molar-refractivity contribution in [1.82, 2.24) is 9.78 Å². The summed E-state index contributed by atoms with van der Waals surface area (Å²) in [6.07, 6.45) is 4.66. The topological polar surface area (TPSA) is 76.0 Å². The van der Waals surface area contributed by atoms with E-state index in [2.05, 4.69) is 22.3 Å². The number of carbonyl (C=O) groups is 2. The Hall–Kier alpha value is -3.59. The van der Waals surface area contributed by atoms with Crippen molar-refractivity contribution in [3.8, 4) is 0 Å². The lowest BCUT2D eigenvalue weighted by Gasteiger charge is -2.14. The Morgan fingerprint density at radius 2 is 1.78 bits per heavy atom. The van der Waals surface area contributed by atoms with Crippen molar-refractivity contribution in [2.75, 3.05) is 10.6 Å². The number of alkyl halides is 3. The van der Waals surface area contributed by atoms with Crippen LogP contribution in [0.3, 0.4) is 0 Å². The van der Waals surface area contributed by atoms with Crippen LogP contribution in [0.5, 0.6) is 0 Å². The monoisotopic (exact) mass is 464 g/mol. The summed E-state index contributed by atoms with van der Waals surface area (Å²) in [6, 6.07) is 4.09. The van der Waals surface area contributed by atoms with Gasteiger partial charge in [0, 0.05) is 16.4 Å². The molecule has 0 fully saturated rings. The van der Waals surface area contributed by atoms with Crippen molar-refractivity contribution in [3.05, 3.63) is 83.7 Å². The van der Waals surface area contributed by atoms with Gasteiger partial charge in [-0.3, -0.25) is 9.59 Å². The average Bonchev–Trinajstić information content (AvgIpc) is 3.16. The van der Waals surface area contributed by atoms with E-state index < -0.39 is 29.2 Å². The van der Waals surface area contributed by atoms with Gasteiger partial charge in [0.1, 0.15) is 0 Å². The molecule has 1 heterocycles. The molecule has 32 heavy (non-hydrogen) atoms. The fourth-order valence-corrected chi connectivity index (χ4v) is 2.91. The summed E-state index contributed by atoms with van der Waals surface area (Å²) >= 11 is 5.99. The quantitative estimate of drug-likeness (QED) is 0.394. The van der Waals surface area contributed by atoms with Crippen molar-refractivity contribution in [1.29, 1.82) is 0 Å². The van der Waals surface area contributed by atoms with Crippen LogP contribution in [0.2, 0.25) is 5.02 Å². The lowest BCUT2D eigenvalue weighted by atomic mass is 10.2. The van der Waals surface area contributed by atoms with Gasteiger partial charge in [0.2, 0.25) is 5.91 Å². The summed E-state index contributed by atoms with van der Waals surface area (Å²) in [5, 5.41) is 8.77. The average molecular weight is 465 g/mol. The van der Waals surface area contributed by atoms with E-state index in [1.165, 1.54) is 30.4 Å². The Bertz CT molecular complexity index is 1110. The van der Waals surface area contributed by atoms with Gasteiger partial charge in [-0.15, -0.1) is 0 Å². The van der Waals surface area contributed by atoms with Crippen LogP contribution in [0.1, 0.15) is 29.9 Å². The lowest BCUT2D eigenvalue weighted by Crippen LogP contribution is -2.21. The largest absolute Gasteiger partial charge is 0.434 e. The van der Waals surface area contributed by atoms with Crippen LogP contribution in [-0.2, 0) is 11.0 Å². The standard InChI is InChI=1S/C22H20ClF3N4O2/c1-4-7-9-17(8-5-2)30-20(22(24,25)26)18(13-27-30)21(32)29-16-11-14(23)10-15(12-16)28-19(31)6-3/h4-13H,3H2,1-2H3,(H,28,31)(H,29,32)/b7-4-,8-5-,17-9+. The number of nitrogens with zero attached hydrogens (tertiary/aromatic N) is 2. The summed E-state index contributed by atoms with van der Waals surface area (Å²) in [7, 11) is 0. The summed E-state index contributed by atoms with van der Waals surface area (Å²) < 4.78 is 42.3. The molecule has 0 bridgehead atoms. The van der Waals surface area contributed by atoms with E-state index in [1.807, 2.05) is 0 Å². The second-order valence-corrected chi connectivity index (χ2v) is 6.75. The molecular formula is C22H20ClF3N4O2. The predicted octanol–water partition coefficient (Wildman–Crippen LogP) is 5.93. The molecule has 0 spiro atoms. The maximum absolute atomic E-state index is 13.9. The molecule has 2 aromatic rings. The number of amides is 2. The molecule has 168 valence electrons. The van der Waals surface area contributed by atoms with Gasteiger partial charge in [-0.05, 0) is 50.3 Å². The maximum Gasteiger partial charge on any atom is 0.434 e. The molecule has 0 radical (unpaired) electrons. The SMILES string of the molecule is C=CC(=O)Nc1cc(Cl)cc(NC(=O)c2cnn(C(/C=C\C)=C/C=C\C)c2C(F)(F)F)c1. The zero-order valence-corrected chi connectivity index (χ0v) is 18.0. The fraction of sp³-hybridized carbons (Fsp3) is 0.136. The maximum atomic E-state index is 13.9. The first-order valence-electron chi connectivity index (χ1n) is 9.27. The van der Waals surface area contributed by atoms with Gasteiger partial charge in [0.05, 0.1) is 17.5 Å². The minimum absolute atomic E-state index is 0.0841. The van der Waals surface area contributed by atoms with Gasteiger partial charge >= 0.3 is 6.18 Å². The van der Waals surface area contributed by atoms with E-state index >= 15 is 0 Å². The Kier molecular flexibility index (Phi) is 8.20. The van der Waals surface area contributed by atoms with Crippen LogP contribution in [0, 0.1) is 0 Å². The molecule has 2 rings (SSSR count). The minimum atomic E-state index is -4.86. The van der Waals surface area contributed by atoms with Crippen molar-refractivity contribution in [2.45, 2.75) is 20.0 Å². The zero-order valence-electron chi connectivity index (χ0n) is 17.2. The molecule has 2 amide bonds. The number of benzene rings is 1. The molecule has 0 saturated heterocycles. The summed E-state index contributed by atoms with van der Waals surface area (Å²) in [5.74, 6) is -1.56. The van der Waals surface area contributed by atoms with Gasteiger partial charge < -0.3 is 10.6 Å². The van der Waals surface area contributed by atoms with Gasteiger partial charge in [0.15, 0.2) is 5.69 Å². The molecule has 0 aliphatic rings. The van der Waals surface area contributed by atoms with Crippen LogP contribution in [-0.4, -0.2) is 21.6 Å². The highest BCUT2D eigenvalue weighted by Crippen LogP contribution is 2.34.